The van der Waals surface area contributed by atoms with Crippen molar-refractivity contribution < 1.29 is 4.79 Å². The van der Waals surface area contributed by atoms with Gasteiger partial charge in [-0.2, -0.15) is 0 Å². The van der Waals surface area contributed by atoms with Crippen molar-refractivity contribution in [3.05, 3.63) is 29.8 Å². The summed E-state index contributed by atoms with van der Waals surface area (Å²) >= 11 is 4.91. The normalized spacial score (nSPS) is 17.3. The summed E-state index contributed by atoms with van der Waals surface area (Å²) in [6.45, 7) is 4.13. The summed E-state index contributed by atoms with van der Waals surface area (Å²) in [5.74, 6) is 0.753. The first-order valence-electron chi connectivity index (χ1n) is 7.33. The lowest BCUT2D eigenvalue weighted by atomic mass is 10.1. The summed E-state index contributed by atoms with van der Waals surface area (Å²) in [6.07, 6.45) is 2.56. The summed E-state index contributed by atoms with van der Waals surface area (Å²) in [7, 11) is 2.02. The number of nitrogens with zero attached hydrogens (tertiary/aromatic N) is 1. The molecule has 1 saturated carbocycles. The highest BCUT2D eigenvalue weighted by Crippen LogP contribution is 2.35. The number of hydrogen-bond donors (Lipinski definition) is 2. The SMILES string of the molecule is CC(C(=O)Nc1ccc(C(N)=S)cc1)N(C)C(C)C1CC1. The number of likely N-dealkylation sites (N-methyl/N-ethyl adjacent to an activating group) is 1. The Labute approximate surface area is 131 Å². The maximum atomic E-state index is 12.3. The van der Waals surface area contributed by atoms with E-state index in [1.807, 2.05) is 38.2 Å². The van der Waals surface area contributed by atoms with E-state index in [2.05, 4.69) is 17.1 Å². The van der Waals surface area contributed by atoms with Crippen LogP contribution in [0.4, 0.5) is 5.69 Å². The fourth-order valence-corrected chi connectivity index (χ4v) is 2.55. The van der Waals surface area contributed by atoms with E-state index in [4.69, 9.17) is 18.0 Å². The van der Waals surface area contributed by atoms with E-state index in [-0.39, 0.29) is 11.9 Å². The molecule has 3 N–H and O–H groups in total. The van der Waals surface area contributed by atoms with Crippen molar-refractivity contribution in [3.8, 4) is 0 Å². The van der Waals surface area contributed by atoms with Gasteiger partial charge in [0.2, 0.25) is 5.91 Å². The maximum Gasteiger partial charge on any atom is 0.241 e. The molecule has 0 radical (unpaired) electrons. The highest BCUT2D eigenvalue weighted by Gasteiger charge is 2.33. The molecular weight excluding hydrogens is 282 g/mol. The Morgan fingerprint density at radius 2 is 1.90 bits per heavy atom. The topological polar surface area (TPSA) is 58.4 Å². The largest absolute Gasteiger partial charge is 0.389 e. The van der Waals surface area contributed by atoms with Gasteiger partial charge in [-0.3, -0.25) is 9.69 Å². The summed E-state index contributed by atoms with van der Waals surface area (Å²) in [5.41, 5.74) is 7.12. The maximum absolute atomic E-state index is 12.3. The van der Waals surface area contributed by atoms with E-state index < -0.39 is 0 Å². The van der Waals surface area contributed by atoms with Crippen LogP contribution in [0.25, 0.3) is 0 Å². The number of carbonyl (C=O) groups excluding carboxylic acids is 1. The number of carbonyl (C=O) groups is 1. The number of hydrogen-bond acceptors (Lipinski definition) is 3. The average molecular weight is 305 g/mol. The lowest BCUT2D eigenvalue weighted by Crippen LogP contribution is -2.45. The molecule has 0 spiro atoms. The third-order valence-corrected chi connectivity index (χ3v) is 4.61. The van der Waals surface area contributed by atoms with E-state index in [1.54, 1.807) is 0 Å². The Kier molecular flexibility index (Phi) is 4.96. The molecule has 1 amide bonds. The first-order valence-corrected chi connectivity index (χ1v) is 7.73. The molecule has 0 aromatic heterocycles. The van der Waals surface area contributed by atoms with Gasteiger partial charge in [0.05, 0.1) is 6.04 Å². The van der Waals surface area contributed by atoms with Crippen LogP contribution in [-0.4, -0.2) is 34.9 Å². The predicted molar refractivity (Wildman–Crippen MR) is 90.4 cm³/mol. The zero-order valence-electron chi connectivity index (χ0n) is 12.8. The molecule has 1 aliphatic carbocycles. The van der Waals surface area contributed by atoms with Gasteiger partial charge in [-0.25, -0.2) is 0 Å². The van der Waals surface area contributed by atoms with Crippen LogP contribution in [0.5, 0.6) is 0 Å². The Balaban J connectivity index is 1.94. The number of rotatable bonds is 6. The number of nitrogens with two attached hydrogens (primary N) is 1. The fraction of sp³-hybridized carbons (Fsp3) is 0.500. The Bertz CT molecular complexity index is 525. The second-order valence-electron chi connectivity index (χ2n) is 5.85. The van der Waals surface area contributed by atoms with Crippen LogP contribution in [0, 0.1) is 5.92 Å². The minimum atomic E-state index is -0.157. The zero-order valence-corrected chi connectivity index (χ0v) is 13.6. The molecule has 2 atom stereocenters. The quantitative estimate of drug-likeness (QED) is 0.792. The van der Waals surface area contributed by atoms with Gasteiger partial charge in [-0.1, -0.05) is 12.2 Å². The lowest BCUT2D eigenvalue weighted by molar-refractivity contribution is -0.121. The minimum Gasteiger partial charge on any atom is -0.389 e. The van der Waals surface area contributed by atoms with Gasteiger partial charge in [0.25, 0.3) is 0 Å². The summed E-state index contributed by atoms with van der Waals surface area (Å²) < 4.78 is 0. The standard InChI is InChI=1S/C16H23N3OS/c1-10(12-4-5-12)19(3)11(2)16(20)18-14-8-6-13(7-9-14)15(17)21/h6-12H,4-5H2,1-3H3,(H2,17,21)(H,18,20). The minimum absolute atomic E-state index is 0.00748. The van der Waals surface area contributed by atoms with Crippen LogP contribution in [0.2, 0.25) is 0 Å². The van der Waals surface area contributed by atoms with Crippen LogP contribution < -0.4 is 11.1 Å². The smallest absolute Gasteiger partial charge is 0.241 e. The molecule has 0 aliphatic heterocycles. The molecule has 21 heavy (non-hydrogen) atoms. The predicted octanol–water partition coefficient (Wildman–Crippen LogP) is 2.38. The Morgan fingerprint density at radius 1 is 1.33 bits per heavy atom. The zero-order chi connectivity index (χ0) is 15.6. The van der Waals surface area contributed by atoms with Gasteiger partial charge in [0.15, 0.2) is 0 Å². The van der Waals surface area contributed by atoms with E-state index in [0.29, 0.717) is 11.0 Å². The first-order chi connectivity index (χ1) is 9.90. The summed E-state index contributed by atoms with van der Waals surface area (Å²) in [4.78, 5) is 14.8. The second kappa shape index (κ2) is 6.54. The monoisotopic (exact) mass is 305 g/mol. The van der Waals surface area contributed by atoms with Crippen molar-refractivity contribution >= 4 is 28.8 Å². The van der Waals surface area contributed by atoms with Crippen LogP contribution in [0.1, 0.15) is 32.3 Å². The van der Waals surface area contributed by atoms with Gasteiger partial charge in [0, 0.05) is 17.3 Å². The molecule has 1 aliphatic rings. The van der Waals surface area contributed by atoms with Gasteiger partial charge in [-0.15, -0.1) is 0 Å². The van der Waals surface area contributed by atoms with Crippen LogP contribution in [-0.2, 0) is 4.79 Å². The molecule has 5 heteroatoms. The average Bonchev–Trinajstić information content (AvgIpc) is 3.30. The highest BCUT2D eigenvalue weighted by atomic mass is 32.1. The second-order valence-corrected chi connectivity index (χ2v) is 6.29. The van der Waals surface area contributed by atoms with E-state index >= 15 is 0 Å². The van der Waals surface area contributed by atoms with Crippen molar-refractivity contribution in [1.82, 2.24) is 4.90 Å². The third kappa shape index (κ3) is 4.02. The number of amides is 1. The van der Waals surface area contributed by atoms with Crippen molar-refractivity contribution in [3.63, 3.8) is 0 Å². The molecule has 2 rings (SSSR count). The van der Waals surface area contributed by atoms with Crippen molar-refractivity contribution in [2.45, 2.75) is 38.8 Å². The Hall–Kier alpha value is -1.46. The first kappa shape index (κ1) is 15.9. The van der Waals surface area contributed by atoms with Gasteiger partial charge in [0.1, 0.15) is 4.99 Å². The summed E-state index contributed by atoms with van der Waals surface area (Å²) in [6, 6.07) is 7.57. The molecule has 1 aromatic rings. The summed E-state index contributed by atoms with van der Waals surface area (Å²) in [5, 5.41) is 2.94. The third-order valence-electron chi connectivity index (χ3n) is 4.37. The fourth-order valence-electron chi connectivity index (χ4n) is 2.41. The molecule has 114 valence electrons. The van der Waals surface area contributed by atoms with Gasteiger partial charge >= 0.3 is 0 Å². The van der Waals surface area contributed by atoms with E-state index in [9.17, 15) is 4.79 Å². The number of thiocarbonyl (C=S) groups is 1. The molecule has 0 bridgehead atoms. The van der Waals surface area contributed by atoms with Gasteiger partial charge in [-0.05, 0) is 63.9 Å². The highest BCUT2D eigenvalue weighted by molar-refractivity contribution is 7.80. The van der Waals surface area contributed by atoms with E-state index in [0.717, 1.165) is 17.2 Å². The number of anilines is 1. The molecule has 2 unspecified atom stereocenters. The van der Waals surface area contributed by atoms with Crippen LogP contribution >= 0.6 is 12.2 Å². The molecule has 1 aromatic carbocycles. The lowest BCUT2D eigenvalue weighted by Gasteiger charge is -2.30. The van der Waals surface area contributed by atoms with E-state index in [1.165, 1.54) is 12.8 Å². The van der Waals surface area contributed by atoms with Gasteiger partial charge < -0.3 is 11.1 Å². The molecule has 0 saturated heterocycles. The molecular formula is C16H23N3OS. The number of benzene rings is 1. The van der Waals surface area contributed by atoms with Crippen molar-refractivity contribution in [1.29, 1.82) is 0 Å². The van der Waals surface area contributed by atoms with Crippen LogP contribution in [0.3, 0.4) is 0 Å². The molecule has 0 heterocycles. The van der Waals surface area contributed by atoms with Crippen molar-refractivity contribution in [2.24, 2.45) is 11.7 Å². The number of nitrogens with one attached hydrogen (secondary N) is 1. The molecule has 1 fully saturated rings. The molecule has 4 nitrogen and oxygen atoms in total. The van der Waals surface area contributed by atoms with Crippen LogP contribution in [0.15, 0.2) is 24.3 Å². The van der Waals surface area contributed by atoms with Crippen molar-refractivity contribution in [2.75, 3.05) is 12.4 Å². The Morgan fingerprint density at radius 3 is 2.38 bits per heavy atom.